The number of piperidine rings is 1. The lowest BCUT2D eigenvalue weighted by atomic mass is 9.81. The number of likely N-dealkylation sites (N-methyl/N-ethyl adjacent to an activating group) is 1. The van der Waals surface area contributed by atoms with Crippen LogP contribution < -0.4 is 0 Å². The van der Waals surface area contributed by atoms with Gasteiger partial charge in [0, 0.05) is 52.2 Å². The number of rotatable bonds is 4. The van der Waals surface area contributed by atoms with Gasteiger partial charge in [0.05, 0.1) is 11.7 Å². The van der Waals surface area contributed by atoms with Gasteiger partial charge in [0.1, 0.15) is 4.21 Å². The number of sulfonamides is 1. The number of hydrogen-bond acceptors (Lipinski definition) is 8. The van der Waals surface area contributed by atoms with Crippen molar-refractivity contribution in [2.45, 2.75) is 54.5 Å². The number of aryl methyl sites for hydroxylation is 1. The average molecular weight is 628 g/mol. The number of aliphatic carboxylic acids is 2. The first kappa shape index (κ1) is 34.2. The maximum atomic E-state index is 12.8. The van der Waals surface area contributed by atoms with Gasteiger partial charge in [-0.05, 0) is 43.8 Å². The Morgan fingerprint density at radius 2 is 1.45 bits per heavy atom. The van der Waals surface area contributed by atoms with Gasteiger partial charge in [-0.25, -0.2) is 18.0 Å². The predicted octanol–water partition coefficient (Wildman–Crippen LogP) is 2.88. The molecule has 0 aliphatic carbocycles. The number of nitrogens with zero attached hydrogens (tertiary/aromatic N) is 3. The summed E-state index contributed by atoms with van der Waals surface area (Å²) in [5.74, 6) is -5.51. The van der Waals surface area contributed by atoms with Crippen LogP contribution in [0.2, 0.25) is 0 Å². The minimum atomic E-state index is -5.08. The Hall–Kier alpha value is -1.99. The van der Waals surface area contributed by atoms with Crippen LogP contribution in [-0.4, -0.2) is 122 Å². The van der Waals surface area contributed by atoms with E-state index in [9.17, 15) is 34.8 Å². The molecular weight excluding hydrogens is 596 g/mol. The molecule has 2 N–H and O–H groups in total. The summed E-state index contributed by atoms with van der Waals surface area (Å²) in [6, 6.07) is 1.88. The van der Waals surface area contributed by atoms with E-state index in [1.54, 1.807) is 4.31 Å². The molecule has 1 aromatic heterocycles. The average Bonchev–Trinajstić information content (AvgIpc) is 3.26. The van der Waals surface area contributed by atoms with Crippen LogP contribution in [-0.2, 0) is 24.3 Å². The van der Waals surface area contributed by atoms with Gasteiger partial charge in [0.25, 0.3) is 10.0 Å². The molecule has 3 aliphatic heterocycles. The van der Waals surface area contributed by atoms with Crippen molar-refractivity contribution >= 4 is 33.3 Å². The number of piperazine rings is 1. The Balaban J connectivity index is 0.000000333. The number of carboxylic acids is 2. The first-order chi connectivity index (χ1) is 18.3. The molecule has 0 radical (unpaired) electrons. The van der Waals surface area contributed by atoms with E-state index in [2.05, 4.69) is 16.8 Å². The molecule has 1 unspecified atom stereocenters. The third-order valence-electron chi connectivity index (χ3n) is 6.58. The fraction of sp³-hybridized carbons (Fsp3) is 0.727. The fourth-order valence-corrected chi connectivity index (χ4v) is 7.37. The van der Waals surface area contributed by atoms with Crippen molar-refractivity contribution in [3.05, 3.63) is 17.0 Å². The summed E-state index contributed by atoms with van der Waals surface area (Å²) in [5, 5.41) is 16.1. The lowest BCUT2D eigenvalue weighted by molar-refractivity contribution is -0.226. The maximum absolute atomic E-state index is 12.8. The van der Waals surface area contributed by atoms with Crippen LogP contribution in [0.3, 0.4) is 0 Å². The summed E-state index contributed by atoms with van der Waals surface area (Å²) in [6.45, 7) is 8.53. The maximum Gasteiger partial charge on any atom is 0.490 e. The van der Waals surface area contributed by atoms with E-state index >= 15 is 0 Å². The van der Waals surface area contributed by atoms with Crippen molar-refractivity contribution in [1.29, 1.82) is 0 Å². The van der Waals surface area contributed by atoms with Crippen LogP contribution in [0, 0.1) is 6.92 Å². The summed E-state index contributed by atoms with van der Waals surface area (Å²) in [7, 11) is -1.17. The SMILES string of the molecule is Cc1ccsc1S(=O)(=O)N1CCC2(CC1)CC(CN1CCN(C)CC1)O2.O=C(O)C(F)(F)F.O=C(O)C(F)(F)F. The van der Waals surface area contributed by atoms with E-state index in [-0.39, 0.29) is 5.60 Å². The second kappa shape index (κ2) is 13.3. The summed E-state index contributed by atoms with van der Waals surface area (Å²) in [4.78, 5) is 22.7. The van der Waals surface area contributed by atoms with Crippen LogP contribution in [0.15, 0.2) is 15.7 Å². The zero-order valence-electron chi connectivity index (χ0n) is 21.7. The Bertz CT molecular complexity index is 1080. The van der Waals surface area contributed by atoms with E-state index in [0.29, 0.717) is 23.4 Å². The fourth-order valence-electron chi connectivity index (χ4n) is 4.38. The Morgan fingerprint density at radius 1 is 1.00 bits per heavy atom. The molecule has 0 amide bonds. The number of ether oxygens (including phenoxy) is 1. The zero-order chi connectivity index (χ0) is 30.5. The molecule has 3 fully saturated rings. The van der Waals surface area contributed by atoms with Crippen LogP contribution in [0.25, 0.3) is 0 Å². The van der Waals surface area contributed by atoms with Crippen LogP contribution in [0.5, 0.6) is 0 Å². The molecule has 4 heterocycles. The smallest absolute Gasteiger partial charge is 0.475 e. The second-order valence-corrected chi connectivity index (χ2v) is 12.7. The van der Waals surface area contributed by atoms with Gasteiger partial charge in [-0.3, -0.25) is 4.90 Å². The van der Waals surface area contributed by atoms with Crippen molar-refractivity contribution < 1.29 is 59.3 Å². The molecular formula is C22H31F6N3O7S2. The van der Waals surface area contributed by atoms with E-state index < -0.39 is 34.3 Å². The molecule has 4 rings (SSSR count). The van der Waals surface area contributed by atoms with E-state index in [1.165, 1.54) is 11.3 Å². The third-order valence-corrected chi connectivity index (χ3v) is 10.1. The summed E-state index contributed by atoms with van der Waals surface area (Å²) < 4.78 is 97.6. The minimum absolute atomic E-state index is 0.0756. The molecule has 10 nitrogen and oxygen atoms in total. The molecule has 3 saturated heterocycles. The third kappa shape index (κ3) is 9.54. The van der Waals surface area contributed by atoms with E-state index in [1.807, 2.05) is 18.4 Å². The summed E-state index contributed by atoms with van der Waals surface area (Å²) in [6.07, 6.45) is -7.14. The first-order valence-electron chi connectivity index (χ1n) is 12.0. The van der Waals surface area contributed by atoms with Crippen LogP contribution >= 0.6 is 11.3 Å². The van der Waals surface area contributed by atoms with Gasteiger partial charge < -0.3 is 19.8 Å². The van der Waals surface area contributed by atoms with Crippen molar-refractivity contribution in [3.8, 4) is 0 Å². The Kier molecular flexibility index (Phi) is 11.4. The van der Waals surface area contributed by atoms with Gasteiger partial charge in [-0.2, -0.15) is 30.6 Å². The van der Waals surface area contributed by atoms with Gasteiger partial charge in [0.15, 0.2) is 0 Å². The number of thiophene rings is 1. The predicted molar refractivity (Wildman–Crippen MR) is 131 cm³/mol. The van der Waals surface area contributed by atoms with Gasteiger partial charge >= 0.3 is 24.3 Å². The first-order valence-corrected chi connectivity index (χ1v) is 14.3. The van der Waals surface area contributed by atoms with Crippen molar-refractivity contribution in [1.82, 2.24) is 14.1 Å². The standard InChI is InChI=1S/C18H29N3O3S2.2C2HF3O2/c1-15-3-12-25-17(15)26(22,23)21-6-4-18(5-7-21)13-16(24-18)14-20-10-8-19(2)9-11-20;2*3-2(4,5)1(6)7/h3,12,16H,4-11,13-14H2,1-2H3;2*(H,6,7). The van der Waals surface area contributed by atoms with Crippen molar-refractivity contribution in [2.75, 3.05) is 52.9 Å². The largest absolute Gasteiger partial charge is 0.490 e. The van der Waals surface area contributed by atoms with Gasteiger partial charge in [-0.1, -0.05) is 0 Å². The second-order valence-electron chi connectivity index (χ2n) is 9.63. The number of hydrogen-bond donors (Lipinski definition) is 2. The molecule has 0 bridgehead atoms. The molecule has 18 heteroatoms. The monoisotopic (exact) mass is 627 g/mol. The molecule has 0 saturated carbocycles. The number of alkyl halides is 6. The molecule has 1 spiro atoms. The molecule has 3 aliphatic rings. The summed E-state index contributed by atoms with van der Waals surface area (Å²) >= 11 is 1.32. The quantitative estimate of drug-likeness (QED) is 0.485. The molecule has 1 atom stereocenters. The summed E-state index contributed by atoms with van der Waals surface area (Å²) in [5.41, 5.74) is 0.774. The molecule has 40 heavy (non-hydrogen) atoms. The minimum Gasteiger partial charge on any atom is -0.475 e. The highest BCUT2D eigenvalue weighted by atomic mass is 32.2. The Morgan fingerprint density at radius 3 is 1.82 bits per heavy atom. The molecule has 230 valence electrons. The highest BCUT2D eigenvalue weighted by molar-refractivity contribution is 7.91. The Labute approximate surface area is 231 Å². The van der Waals surface area contributed by atoms with Crippen LogP contribution in [0.4, 0.5) is 26.3 Å². The number of carboxylic acid groups (broad SMARTS) is 2. The van der Waals surface area contributed by atoms with E-state index in [4.69, 9.17) is 24.5 Å². The van der Waals surface area contributed by atoms with Gasteiger partial charge in [-0.15, -0.1) is 11.3 Å². The van der Waals surface area contributed by atoms with Crippen LogP contribution in [0.1, 0.15) is 24.8 Å². The lowest BCUT2D eigenvalue weighted by Crippen LogP contribution is -2.60. The lowest BCUT2D eigenvalue weighted by Gasteiger charge is -2.53. The highest BCUT2D eigenvalue weighted by Gasteiger charge is 2.49. The number of halogens is 6. The van der Waals surface area contributed by atoms with Gasteiger partial charge in [0.2, 0.25) is 0 Å². The van der Waals surface area contributed by atoms with E-state index in [0.717, 1.165) is 57.5 Å². The highest BCUT2D eigenvalue weighted by Crippen LogP contribution is 2.43. The zero-order valence-corrected chi connectivity index (χ0v) is 23.3. The molecule has 1 aromatic rings. The van der Waals surface area contributed by atoms with Crippen molar-refractivity contribution in [2.24, 2.45) is 0 Å². The normalized spacial score (nSPS) is 22.4. The number of carbonyl (C=O) groups is 2. The topological polar surface area (TPSA) is 128 Å². The molecule has 0 aromatic carbocycles. The van der Waals surface area contributed by atoms with Crippen molar-refractivity contribution in [3.63, 3.8) is 0 Å².